The van der Waals surface area contributed by atoms with Crippen molar-refractivity contribution in [2.45, 2.75) is 50.7 Å². The molecule has 2 saturated heterocycles. The maximum absolute atomic E-state index is 15.1. The third kappa shape index (κ3) is 4.42. The van der Waals surface area contributed by atoms with Crippen LogP contribution in [0.4, 0.5) is 14.5 Å². The largest absolute Gasteiger partial charge is 0.322 e. The standard InChI is InChI=1S/C26H24F2N4O3/c1-29-22-3-2-15(10-21(22)28)13-31-8-6-16(7-9-31)18-11-17-14-32(26(35)19(17)12-20(18)27)23-4-5-24(33)30-25(23)34/h2-3,10-12,16,23H,4-9,13-14H2,(H,30,33,34). The molecule has 2 fully saturated rings. The first-order valence-corrected chi connectivity index (χ1v) is 11.7. The molecule has 1 unspecified atom stereocenters. The van der Waals surface area contributed by atoms with E-state index >= 15 is 4.39 Å². The molecule has 0 saturated carbocycles. The molecule has 9 heteroatoms. The number of likely N-dealkylation sites (tertiary alicyclic amines) is 1. The average Bonchev–Trinajstić information content (AvgIpc) is 3.14. The lowest BCUT2D eigenvalue weighted by Gasteiger charge is -2.32. The van der Waals surface area contributed by atoms with Crippen molar-refractivity contribution >= 4 is 23.4 Å². The Labute approximate surface area is 201 Å². The summed E-state index contributed by atoms with van der Waals surface area (Å²) in [6, 6.07) is 6.96. The lowest BCUT2D eigenvalue weighted by Crippen LogP contribution is -2.52. The van der Waals surface area contributed by atoms with Crippen LogP contribution in [0.15, 0.2) is 30.3 Å². The van der Waals surface area contributed by atoms with Crippen LogP contribution in [0.5, 0.6) is 0 Å². The van der Waals surface area contributed by atoms with Gasteiger partial charge in [-0.05, 0) is 67.1 Å². The number of piperidine rings is 2. The van der Waals surface area contributed by atoms with Crippen molar-refractivity contribution in [3.8, 4) is 0 Å². The molecule has 180 valence electrons. The number of carbonyl (C=O) groups is 3. The summed E-state index contributed by atoms with van der Waals surface area (Å²) in [5.41, 5.74) is 2.36. The Morgan fingerprint density at radius 3 is 2.49 bits per heavy atom. The topological polar surface area (TPSA) is 74.1 Å². The number of carbonyl (C=O) groups excluding carboxylic acids is 3. The SMILES string of the molecule is [C-]#[N+]c1ccc(CN2CCC(c3cc4c(cc3F)C(=O)N(C3CCC(=O)NC3=O)C4)CC2)cc1F. The number of hydrogen-bond acceptors (Lipinski definition) is 4. The first-order chi connectivity index (χ1) is 16.8. The van der Waals surface area contributed by atoms with Crippen molar-refractivity contribution < 1.29 is 23.2 Å². The first-order valence-electron chi connectivity index (χ1n) is 11.7. The van der Waals surface area contributed by atoms with Gasteiger partial charge in [0.25, 0.3) is 5.91 Å². The monoisotopic (exact) mass is 478 g/mol. The fourth-order valence-electron chi connectivity index (χ4n) is 5.32. The highest BCUT2D eigenvalue weighted by molar-refractivity contribution is 6.05. The molecule has 0 spiro atoms. The Kier molecular flexibility index (Phi) is 6.07. The van der Waals surface area contributed by atoms with Crippen LogP contribution < -0.4 is 5.32 Å². The van der Waals surface area contributed by atoms with E-state index in [1.165, 1.54) is 23.1 Å². The highest BCUT2D eigenvalue weighted by Gasteiger charge is 2.40. The molecule has 3 aliphatic heterocycles. The summed E-state index contributed by atoms with van der Waals surface area (Å²) in [4.78, 5) is 43.3. The average molecular weight is 478 g/mol. The van der Waals surface area contributed by atoms with Crippen LogP contribution in [0.2, 0.25) is 0 Å². The second-order valence-electron chi connectivity index (χ2n) is 9.38. The van der Waals surface area contributed by atoms with Gasteiger partial charge >= 0.3 is 0 Å². The lowest BCUT2D eigenvalue weighted by molar-refractivity contribution is -0.136. The molecule has 2 aromatic carbocycles. The van der Waals surface area contributed by atoms with E-state index in [2.05, 4.69) is 15.1 Å². The second-order valence-corrected chi connectivity index (χ2v) is 9.38. The van der Waals surface area contributed by atoms with Crippen molar-refractivity contribution in [1.29, 1.82) is 0 Å². The summed E-state index contributed by atoms with van der Waals surface area (Å²) in [7, 11) is 0. The first kappa shape index (κ1) is 23.1. The molecule has 3 amide bonds. The van der Waals surface area contributed by atoms with Crippen LogP contribution in [0, 0.1) is 18.2 Å². The van der Waals surface area contributed by atoms with Gasteiger partial charge in [-0.2, -0.15) is 0 Å². The van der Waals surface area contributed by atoms with Gasteiger partial charge in [0.15, 0.2) is 0 Å². The summed E-state index contributed by atoms with van der Waals surface area (Å²) >= 11 is 0. The molecule has 1 N–H and O–H groups in total. The predicted octanol–water partition coefficient (Wildman–Crippen LogP) is 3.66. The van der Waals surface area contributed by atoms with Gasteiger partial charge < -0.3 is 4.90 Å². The third-order valence-electron chi connectivity index (χ3n) is 7.21. The van der Waals surface area contributed by atoms with Gasteiger partial charge in [-0.3, -0.25) is 24.6 Å². The summed E-state index contributed by atoms with van der Waals surface area (Å²) in [6.45, 7) is 9.17. The van der Waals surface area contributed by atoms with E-state index in [0.717, 1.165) is 18.4 Å². The third-order valence-corrected chi connectivity index (χ3v) is 7.21. The number of fused-ring (bicyclic) bond motifs is 1. The number of imide groups is 1. The van der Waals surface area contributed by atoms with Gasteiger partial charge in [-0.25, -0.2) is 13.6 Å². The molecule has 0 aliphatic carbocycles. The van der Waals surface area contributed by atoms with Gasteiger partial charge in [0.05, 0.1) is 6.57 Å². The molecule has 0 aromatic heterocycles. The normalized spacial score (nSPS) is 21.1. The minimum atomic E-state index is -0.726. The van der Waals surface area contributed by atoms with Crippen LogP contribution in [0.1, 0.15) is 58.6 Å². The van der Waals surface area contributed by atoms with Gasteiger partial charge in [0.1, 0.15) is 17.7 Å². The fraction of sp³-hybridized carbons (Fsp3) is 0.385. The summed E-state index contributed by atoms with van der Waals surface area (Å²) in [5.74, 6) is -2.16. The second kappa shape index (κ2) is 9.19. The molecular formula is C26H24F2N4O3. The van der Waals surface area contributed by atoms with E-state index < -0.39 is 23.6 Å². The van der Waals surface area contributed by atoms with Crippen LogP contribution in [0.3, 0.4) is 0 Å². The van der Waals surface area contributed by atoms with Crippen molar-refractivity contribution in [2.24, 2.45) is 0 Å². The summed E-state index contributed by atoms with van der Waals surface area (Å²) in [5, 5.41) is 2.27. The molecule has 7 nitrogen and oxygen atoms in total. The van der Waals surface area contributed by atoms with E-state index in [4.69, 9.17) is 6.57 Å². The Bertz CT molecular complexity index is 1260. The van der Waals surface area contributed by atoms with Crippen molar-refractivity contribution in [1.82, 2.24) is 15.1 Å². The lowest BCUT2D eigenvalue weighted by atomic mass is 9.87. The number of hydrogen-bond donors (Lipinski definition) is 1. The van der Waals surface area contributed by atoms with Gasteiger partial charge in [0.2, 0.25) is 17.5 Å². The van der Waals surface area contributed by atoms with Crippen molar-refractivity contribution in [3.63, 3.8) is 0 Å². The van der Waals surface area contributed by atoms with Crippen molar-refractivity contribution in [2.75, 3.05) is 13.1 Å². The Hall–Kier alpha value is -3.64. The van der Waals surface area contributed by atoms with E-state index in [-0.39, 0.29) is 48.4 Å². The Morgan fingerprint density at radius 1 is 1.03 bits per heavy atom. The molecule has 0 radical (unpaired) electrons. The fourth-order valence-corrected chi connectivity index (χ4v) is 5.32. The van der Waals surface area contributed by atoms with Gasteiger partial charge in [0, 0.05) is 25.1 Å². The zero-order valence-electron chi connectivity index (χ0n) is 19.0. The van der Waals surface area contributed by atoms with E-state index in [0.29, 0.717) is 30.8 Å². The zero-order valence-corrected chi connectivity index (χ0v) is 19.0. The van der Waals surface area contributed by atoms with E-state index in [9.17, 15) is 18.8 Å². The van der Waals surface area contributed by atoms with Crippen LogP contribution in [0.25, 0.3) is 4.85 Å². The highest BCUT2D eigenvalue weighted by Crippen LogP contribution is 2.35. The maximum atomic E-state index is 15.1. The molecule has 5 rings (SSSR count). The Balaban J connectivity index is 1.25. The number of nitrogens with zero attached hydrogens (tertiary/aromatic N) is 3. The molecular weight excluding hydrogens is 454 g/mol. The van der Waals surface area contributed by atoms with Crippen LogP contribution in [-0.2, 0) is 22.7 Å². The number of benzene rings is 2. The van der Waals surface area contributed by atoms with Crippen molar-refractivity contribution in [3.05, 3.63) is 75.6 Å². The zero-order chi connectivity index (χ0) is 24.7. The molecule has 3 aliphatic rings. The predicted molar refractivity (Wildman–Crippen MR) is 122 cm³/mol. The number of nitrogens with one attached hydrogen (secondary N) is 1. The molecule has 3 heterocycles. The van der Waals surface area contributed by atoms with Gasteiger partial charge in [-0.15, -0.1) is 0 Å². The summed E-state index contributed by atoms with van der Waals surface area (Å²) in [6.07, 6.45) is 1.89. The van der Waals surface area contributed by atoms with Gasteiger partial charge in [-0.1, -0.05) is 18.2 Å². The summed E-state index contributed by atoms with van der Waals surface area (Å²) < 4.78 is 29.0. The molecule has 35 heavy (non-hydrogen) atoms. The van der Waals surface area contributed by atoms with Crippen LogP contribution >= 0.6 is 0 Å². The maximum Gasteiger partial charge on any atom is 0.255 e. The van der Waals surface area contributed by atoms with E-state index in [1.54, 1.807) is 12.1 Å². The smallest absolute Gasteiger partial charge is 0.255 e. The number of halogens is 2. The number of amides is 3. The van der Waals surface area contributed by atoms with E-state index in [1.807, 2.05) is 0 Å². The molecule has 1 atom stereocenters. The number of rotatable bonds is 4. The minimum Gasteiger partial charge on any atom is -0.322 e. The quantitative estimate of drug-likeness (QED) is 0.538. The van der Waals surface area contributed by atoms with Crippen LogP contribution in [-0.4, -0.2) is 46.7 Å². The minimum absolute atomic E-state index is 0.00229. The Morgan fingerprint density at radius 2 is 1.80 bits per heavy atom. The molecule has 2 aromatic rings. The molecule has 0 bridgehead atoms. The highest BCUT2D eigenvalue weighted by atomic mass is 19.1.